The number of H-pyrrole nitrogens is 1. The molecule has 2 N–H and O–H groups in total. The predicted molar refractivity (Wildman–Crippen MR) is 94.0 cm³/mol. The van der Waals surface area contributed by atoms with E-state index < -0.39 is 11.4 Å². The van der Waals surface area contributed by atoms with Crippen LogP contribution in [-0.2, 0) is 13.0 Å². The first-order valence-corrected chi connectivity index (χ1v) is 8.79. The Labute approximate surface area is 150 Å². The van der Waals surface area contributed by atoms with E-state index in [1.54, 1.807) is 16.8 Å². The minimum absolute atomic E-state index is 0.0920. The zero-order valence-electron chi connectivity index (χ0n) is 13.7. The van der Waals surface area contributed by atoms with Gasteiger partial charge in [0.15, 0.2) is 0 Å². The Bertz CT molecular complexity index is 803. The van der Waals surface area contributed by atoms with Gasteiger partial charge >= 0.3 is 0 Å². The highest BCUT2D eigenvalue weighted by Gasteiger charge is 2.54. The molecular formula is C17H21ClFN3OS. The number of hydrogen-bond acceptors (Lipinski definition) is 3. The van der Waals surface area contributed by atoms with Crippen molar-refractivity contribution in [1.82, 2.24) is 14.8 Å². The summed E-state index contributed by atoms with van der Waals surface area (Å²) in [7, 11) is 0. The van der Waals surface area contributed by atoms with Crippen LogP contribution >= 0.6 is 23.8 Å². The minimum atomic E-state index is -1.02. The fourth-order valence-corrected chi connectivity index (χ4v) is 4.13. The van der Waals surface area contributed by atoms with Gasteiger partial charge in [0.05, 0.1) is 17.2 Å². The summed E-state index contributed by atoms with van der Waals surface area (Å²) in [5.74, 6) is -0.491. The van der Waals surface area contributed by atoms with E-state index in [0.29, 0.717) is 23.3 Å². The smallest absolute Gasteiger partial charge is 0.215 e. The number of hydrogen-bond donors (Lipinski definition) is 2. The standard InChI is InChI=1S/C17H21ClFN3OS/c1-16(2)7-6-12(8-11-4-3-5-13(18)14(11)19)17(16,23)9-22-15(24)20-10-21-22/h3-5,10,12,23H,6-9H2,1-2H3,(H,20,21,24)/t12-,17-/m1/s1. The Morgan fingerprint density at radius 1 is 1.50 bits per heavy atom. The molecule has 7 heteroatoms. The van der Waals surface area contributed by atoms with Crippen molar-refractivity contribution in [2.45, 2.75) is 45.3 Å². The largest absolute Gasteiger partial charge is 0.387 e. The fourth-order valence-electron chi connectivity index (χ4n) is 3.76. The average Bonchev–Trinajstić information content (AvgIpc) is 3.00. The van der Waals surface area contributed by atoms with Crippen molar-refractivity contribution in [1.29, 1.82) is 0 Å². The molecule has 0 spiro atoms. The number of aliphatic hydroxyl groups is 1. The Balaban J connectivity index is 1.93. The van der Waals surface area contributed by atoms with Crippen LogP contribution in [-0.4, -0.2) is 25.5 Å². The molecule has 0 aliphatic heterocycles. The van der Waals surface area contributed by atoms with Gasteiger partial charge in [-0.25, -0.2) is 9.37 Å². The summed E-state index contributed by atoms with van der Waals surface area (Å²) in [6, 6.07) is 5.01. The lowest BCUT2D eigenvalue weighted by Gasteiger charge is -2.41. The maximum absolute atomic E-state index is 14.3. The van der Waals surface area contributed by atoms with Gasteiger partial charge in [0.25, 0.3) is 0 Å². The lowest BCUT2D eigenvalue weighted by atomic mass is 9.72. The molecule has 3 rings (SSSR count). The second kappa shape index (κ2) is 6.24. The molecule has 130 valence electrons. The first-order chi connectivity index (χ1) is 11.2. The maximum Gasteiger partial charge on any atom is 0.215 e. The Morgan fingerprint density at radius 3 is 2.92 bits per heavy atom. The van der Waals surface area contributed by atoms with E-state index in [2.05, 4.69) is 10.1 Å². The van der Waals surface area contributed by atoms with Gasteiger partial charge < -0.3 is 5.11 Å². The van der Waals surface area contributed by atoms with Crippen molar-refractivity contribution in [3.63, 3.8) is 0 Å². The number of benzene rings is 1. The molecular weight excluding hydrogens is 349 g/mol. The van der Waals surface area contributed by atoms with Gasteiger partial charge in [0.2, 0.25) is 4.77 Å². The third kappa shape index (κ3) is 2.91. The highest BCUT2D eigenvalue weighted by atomic mass is 35.5. The summed E-state index contributed by atoms with van der Waals surface area (Å²) in [6.45, 7) is 4.40. The molecule has 0 amide bonds. The molecule has 1 fully saturated rings. The molecule has 1 aromatic heterocycles. The zero-order valence-corrected chi connectivity index (χ0v) is 15.3. The maximum atomic E-state index is 14.3. The highest BCUT2D eigenvalue weighted by molar-refractivity contribution is 7.71. The average molecular weight is 370 g/mol. The van der Waals surface area contributed by atoms with Gasteiger partial charge in [-0.15, -0.1) is 0 Å². The highest BCUT2D eigenvalue weighted by Crippen LogP contribution is 2.51. The number of aromatic amines is 1. The van der Waals surface area contributed by atoms with Crippen molar-refractivity contribution in [2.75, 3.05) is 0 Å². The summed E-state index contributed by atoms with van der Waals surface area (Å²) in [5.41, 5.74) is -0.795. The lowest BCUT2D eigenvalue weighted by Crippen LogP contribution is -2.49. The summed E-state index contributed by atoms with van der Waals surface area (Å²) < 4.78 is 16.4. The lowest BCUT2D eigenvalue weighted by molar-refractivity contribution is -0.0910. The second-order valence-corrected chi connectivity index (χ2v) is 7.99. The first-order valence-electron chi connectivity index (χ1n) is 8.00. The van der Waals surface area contributed by atoms with E-state index in [1.165, 1.54) is 12.4 Å². The monoisotopic (exact) mass is 369 g/mol. The summed E-state index contributed by atoms with van der Waals surface area (Å²) in [4.78, 5) is 4.01. The van der Waals surface area contributed by atoms with E-state index in [4.69, 9.17) is 23.8 Å². The van der Waals surface area contributed by atoms with E-state index in [0.717, 1.165) is 12.8 Å². The van der Waals surface area contributed by atoms with E-state index in [-0.39, 0.29) is 16.4 Å². The van der Waals surface area contributed by atoms with Crippen LogP contribution in [0.15, 0.2) is 24.5 Å². The third-order valence-corrected chi connectivity index (χ3v) is 6.10. The third-order valence-electron chi connectivity index (χ3n) is 5.48. The van der Waals surface area contributed by atoms with Gasteiger partial charge in [0, 0.05) is 0 Å². The van der Waals surface area contributed by atoms with Gasteiger partial charge in [0.1, 0.15) is 12.1 Å². The van der Waals surface area contributed by atoms with Crippen molar-refractivity contribution in [2.24, 2.45) is 11.3 Å². The van der Waals surface area contributed by atoms with Crippen LogP contribution in [0.4, 0.5) is 4.39 Å². The van der Waals surface area contributed by atoms with Crippen LogP contribution < -0.4 is 0 Å². The molecule has 1 aromatic carbocycles. The van der Waals surface area contributed by atoms with Gasteiger partial charge in [-0.2, -0.15) is 0 Å². The van der Waals surface area contributed by atoms with Crippen molar-refractivity contribution >= 4 is 23.8 Å². The minimum Gasteiger partial charge on any atom is -0.387 e. The van der Waals surface area contributed by atoms with Crippen LogP contribution in [0.5, 0.6) is 0 Å². The van der Waals surface area contributed by atoms with Crippen LogP contribution in [0.2, 0.25) is 5.02 Å². The number of aromatic nitrogens is 3. The quantitative estimate of drug-likeness (QED) is 0.796. The SMILES string of the molecule is CC1(C)CC[C@H](Cc2cccc(Cl)c2F)[C@]1(O)Cn1[nH]cnc1=S. The number of nitrogens with one attached hydrogen (secondary N) is 1. The molecule has 0 unspecified atom stereocenters. The molecule has 1 aliphatic rings. The van der Waals surface area contributed by atoms with Crippen molar-refractivity contribution in [3.05, 3.63) is 45.7 Å². The molecule has 1 saturated carbocycles. The molecule has 1 heterocycles. The van der Waals surface area contributed by atoms with Crippen LogP contribution in [0, 0.1) is 21.9 Å². The molecule has 2 aromatic rings. The van der Waals surface area contributed by atoms with E-state index in [1.807, 2.05) is 13.8 Å². The Hall–Kier alpha value is -1.24. The second-order valence-electron chi connectivity index (χ2n) is 7.22. The number of nitrogens with zero attached hydrogens (tertiary/aromatic N) is 2. The predicted octanol–water partition coefficient (Wildman–Crippen LogP) is 4.14. The Kier molecular flexibility index (Phi) is 4.57. The van der Waals surface area contributed by atoms with Gasteiger partial charge in [-0.1, -0.05) is 37.6 Å². The zero-order chi connectivity index (χ0) is 17.5. The normalized spacial score (nSPS) is 26.0. The van der Waals surface area contributed by atoms with Crippen molar-refractivity contribution in [3.8, 4) is 0 Å². The molecule has 24 heavy (non-hydrogen) atoms. The molecule has 0 saturated heterocycles. The molecule has 1 aliphatic carbocycles. The summed E-state index contributed by atoms with van der Waals surface area (Å²) in [6.07, 6.45) is 3.63. The van der Waals surface area contributed by atoms with Gasteiger partial charge in [-0.05, 0) is 54.4 Å². The summed E-state index contributed by atoms with van der Waals surface area (Å²) >= 11 is 11.1. The van der Waals surface area contributed by atoms with Crippen LogP contribution in [0.1, 0.15) is 32.3 Å². The molecule has 2 atom stereocenters. The fraction of sp³-hybridized carbons (Fsp3) is 0.529. The number of rotatable bonds is 4. The molecule has 0 radical (unpaired) electrons. The Morgan fingerprint density at radius 2 is 2.25 bits per heavy atom. The topological polar surface area (TPSA) is 53.8 Å². The molecule has 4 nitrogen and oxygen atoms in total. The number of halogens is 2. The van der Waals surface area contributed by atoms with Crippen molar-refractivity contribution < 1.29 is 9.50 Å². The van der Waals surface area contributed by atoms with Crippen LogP contribution in [0.25, 0.3) is 0 Å². The van der Waals surface area contributed by atoms with Crippen LogP contribution in [0.3, 0.4) is 0 Å². The van der Waals surface area contributed by atoms with Gasteiger partial charge in [-0.3, -0.25) is 9.78 Å². The summed E-state index contributed by atoms with van der Waals surface area (Å²) in [5, 5.41) is 14.6. The van der Waals surface area contributed by atoms with E-state index >= 15 is 0 Å². The molecule has 0 bridgehead atoms. The first kappa shape index (κ1) is 17.6. The van der Waals surface area contributed by atoms with E-state index in [9.17, 15) is 9.50 Å².